The van der Waals surface area contributed by atoms with E-state index in [2.05, 4.69) is 11.9 Å². The van der Waals surface area contributed by atoms with Crippen molar-refractivity contribution in [3.05, 3.63) is 23.4 Å². The Hall–Kier alpha value is -1.69. The van der Waals surface area contributed by atoms with E-state index in [0.29, 0.717) is 16.4 Å². The van der Waals surface area contributed by atoms with Crippen LogP contribution in [0.15, 0.2) is 12.1 Å². The van der Waals surface area contributed by atoms with Gasteiger partial charge in [0.1, 0.15) is 10.8 Å². The molecular formula is C14H22N4OS. The Bertz CT molecular complexity index is 502. The molecule has 1 amide bonds. The average molecular weight is 294 g/mol. The molecule has 0 unspecified atom stereocenters. The number of aromatic nitrogens is 1. The summed E-state index contributed by atoms with van der Waals surface area (Å²) in [4.78, 5) is 20.3. The van der Waals surface area contributed by atoms with E-state index in [1.54, 1.807) is 19.0 Å². The van der Waals surface area contributed by atoms with Gasteiger partial charge in [0.15, 0.2) is 0 Å². The molecule has 0 spiro atoms. The lowest BCUT2D eigenvalue weighted by atomic mass is 10.2. The smallest absolute Gasteiger partial charge is 0.241 e. The molecule has 110 valence electrons. The van der Waals surface area contributed by atoms with E-state index in [1.165, 1.54) is 0 Å². The zero-order valence-electron chi connectivity index (χ0n) is 12.5. The number of thiocarbonyl (C=S) groups is 1. The first-order valence-corrected chi connectivity index (χ1v) is 7.00. The predicted octanol–water partition coefficient (Wildman–Crippen LogP) is 1.33. The molecule has 0 saturated heterocycles. The van der Waals surface area contributed by atoms with Crippen molar-refractivity contribution >= 4 is 28.9 Å². The van der Waals surface area contributed by atoms with Crippen LogP contribution in [0.1, 0.15) is 24.6 Å². The molecule has 1 heterocycles. The fraction of sp³-hybridized carbons (Fsp3) is 0.500. The van der Waals surface area contributed by atoms with Crippen molar-refractivity contribution in [1.29, 1.82) is 0 Å². The molecule has 0 fully saturated rings. The molecule has 6 heteroatoms. The fourth-order valence-corrected chi connectivity index (χ4v) is 1.97. The molecule has 0 aliphatic carbocycles. The normalized spacial score (nSPS) is 10.2. The van der Waals surface area contributed by atoms with Crippen molar-refractivity contribution in [2.45, 2.75) is 20.3 Å². The molecular weight excluding hydrogens is 272 g/mol. The van der Waals surface area contributed by atoms with Gasteiger partial charge in [-0.2, -0.15) is 0 Å². The minimum Gasteiger partial charge on any atom is -0.389 e. The third-order valence-electron chi connectivity index (χ3n) is 2.90. The molecule has 0 atom stereocenters. The summed E-state index contributed by atoms with van der Waals surface area (Å²) in [6.45, 7) is 4.96. The van der Waals surface area contributed by atoms with Gasteiger partial charge < -0.3 is 15.5 Å². The predicted molar refractivity (Wildman–Crippen MR) is 86.1 cm³/mol. The number of hydrogen-bond donors (Lipinski definition) is 1. The van der Waals surface area contributed by atoms with Crippen molar-refractivity contribution in [3.63, 3.8) is 0 Å². The monoisotopic (exact) mass is 294 g/mol. The standard InChI is InChI=1S/C14H22N4OS/c1-5-8-18(9-12(19)17(3)4)14-11(13(15)20)7-6-10(2)16-14/h6-7H,5,8-9H2,1-4H3,(H2,15,20). The van der Waals surface area contributed by atoms with Gasteiger partial charge in [0.2, 0.25) is 5.91 Å². The number of carbonyl (C=O) groups excluding carboxylic acids is 1. The number of nitrogens with zero attached hydrogens (tertiary/aromatic N) is 3. The van der Waals surface area contributed by atoms with E-state index < -0.39 is 0 Å². The van der Waals surface area contributed by atoms with E-state index in [0.717, 1.165) is 18.7 Å². The van der Waals surface area contributed by atoms with Crippen LogP contribution in [0, 0.1) is 6.92 Å². The third-order valence-corrected chi connectivity index (χ3v) is 3.12. The van der Waals surface area contributed by atoms with Crippen LogP contribution in [-0.4, -0.2) is 48.0 Å². The number of rotatable bonds is 6. The molecule has 0 aromatic carbocycles. The second-order valence-corrected chi connectivity index (χ2v) is 5.34. The van der Waals surface area contributed by atoms with Crippen LogP contribution in [0.3, 0.4) is 0 Å². The van der Waals surface area contributed by atoms with Gasteiger partial charge in [0.05, 0.1) is 12.1 Å². The molecule has 0 saturated carbocycles. The second kappa shape index (κ2) is 7.19. The highest BCUT2D eigenvalue weighted by atomic mass is 32.1. The maximum absolute atomic E-state index is 12.0. The maximum atomic E-state index is 12.0. The van der Waals surface area contributed by atoms with Crippen LogP contribution >= 0.6 is 12.2 Å². The molecule has 1 aromatic rings. The van der Waals surface area contributed by atoms with Gasteiger partial charge in [-0.3, -0.25) is 4.79 Å². The molecule has 1 rings (SSSR count). The number of nitrogens with two attached hydrogens (primary N) is 1. The third kappa shape index (κ3) is 4.16. The van der Waals surface area contributed by atoms with E-state index in [-0.39, 0.29) is 12.5 Å². The topological polar surface area (TPSA) is 62.5 Å². The lowest BCUT2D eigenvalue weighted by Crippen LogP contribution is -2.38. The quantitative estimate of drug-likeness (QED) is 0.802. The van der Waals surface area contributed by atoms with Gasteiger partial charge in [0, 0.05) is 26.3 Å². The van der Waals surface area contributed by atoms with Crippen molar-refractivity contribution in [1.82, 2.24) is 9.88 Å². The summed E-state index contributed by atoms with van der Waals surface area (Å²) >= 11 is 5.08. The Balaban J connectivity index is 3.16. The number of carbonyl (C=O) groups is 1. The van der Waals surface area contributed by atoms with Gasteiger partial charge in [0.25, 0.3) is 0 Å². The minimum absolute atomic E-state index is 0.0237. The zero-order chi connectivity index (χ0) is 15.3. The van der Waals surface area contributed by atoms with Crippen LogP contribution in [0.5, 0.6) is 0 Å². The first-order chi connectivity index (χ1) is 9.36. The van der Waals surface area contributed by atoms with E-state index in [4.69, 9.17) is 18.0 Å². The fourth-order valence-electron chi connectivity index (χ4n) is 1.81. The summed E-state index contributed by atoms with van der Waals surface area (Å²) < 4.78 is 0. The zero-order valence-corrected chi connectivity index (χ0v) is 13.3. The van der Waals surface area contributed by atoms with Crippen LogP contribution in [0.2, 0.25) is 0 Å². The van der Waals surface area contributed by atoms with E-state index in [1.807, 2.05) is 24.0 Å². The number of amides is 1. The SMILES string of the molecule is CCCN(CC(=O)N(C)C)c1nc(C)ccc1C(N)=S. The summed E-state index contributed by atoms with van der Waals surface area (Å²) in [5, 5.41) is 0. The summed E-state index contributed by atoms with van der Waals surface area (Å²) in [5.74, 6) is 0.713. The molecule has 0 bridgehead atoms. The van der Waals surface area contributed by atoms with Crippen LogP contribution in [0.4, 0.5) is 5.82 Å². The van der Waals surface area contributed by atoms with Gasteiger partial charge in [-0.1, -0.05) is 19.1 Å². The Labute approximate surface area is 125 Å². The lowest BCUT2D eigenvalue weighted by Gasteiger charge is -2.26. The second-order valence-electron chi connectivity index (χ2n) is 4.90. The number of hydrogen-bond acceptors (Lipinski definition) is 4. The van der Waals surface area contributed by atoms with Crippen LogP contribution in [0.25, 0.3) is 0 Å². The molecule has 0 radical (unpaired) electrons. The van der Waals surface area contributed by atoms with Crippen molar-refractivity contribution in [3.8, 4) is 0 Å². The highest BCUT2D eigenvalue weighted by Crippen LogP contribution is 2.19. The summed E-state index contributed by atoms with van der Waals surface area (Å²) in [6, 6.07) is 3.73. The Morgan fingerprint density at radius 3 is 2.55 bits per heavy atom. The minimum atomic E-state index is 0.0237. The Kier molecular flexibility index (Phi) is 5.88. The Morgan fingerprint density at radius 1 is 1.40 bits per heavy atom. The largest absolute Gasteiger partial charge is 0.389 e. The number of anilines is 1. The molecule has 5 nitrogen and oxygen atoms in total. The highest BCUT2D eigenvalue weighted by Gasteiger charge is 2.18. The van der Waals surface area contributed by atoms with Crippen molar-refractivity contribution in [2.75, 3.05) is 32.1 Å². The van der Waals surface area contributed by atoms with E-state index >= 15 is 0 Å². The maximum Gasteiger partial charge on any atom is 0.241 e. The summed E-state index contributed by atoms with van der Waals surface area (Å²) in [6.07, 6.45) is 0.910. The van der Waals surface area contributed by atoms with Crippen LogP contribution in [-0.2, 0) is 4.79 Å². The van der Waals surface area contributed by atoms with Gasteiger partial charge >= 0.3 is 0 Å². The number of aryl methyl sites for hydroxylation is 1. The first kappa shape index (κ1) is 16.4. The van der Waals surface area contributed by atoms with E-state index in [9.17, 15) is 4.79 Å². The summed E-state index contributed by atoms with van der Waals surface area (Å²) in [7, 11) is 3.48. The van der Waals surface area contributed by atoms with Crippen molar-refractivity contribution < 1.29 is 4.79 Å². The van der Waals surface area contributed by atoms with Gasteiger partial charge in [-0.25, -0.2) is 4.98 Å². The van der Waals surface area contributed by atoms with Crippen molar-refractivity contribution in [2.24, 2.45) is 5.73 Å². The molecule has 0 aliphatic rings. The molecule has 2 N–H and O–H groups in total. The number of likely N-dealkylation sites (N-methyl/N-ethyl adjacent to an activating group) is 1. The first-order valence-electron chi connectivity index (χ1n) is 6.59. The summed E-state index contributed by atoms with van der Waals surface area (Å²) in [5.41, 5.74) is 7.35. The molecule has 0 aliphatic heterocycles. The van der Waals surface area contributed by atoms with Gasteiger partial charge in [-0.15, -0.1) is 0 Å². The lowest BCUT2D eigenvalue weighted by molar-refractivity contribution is -0.127. The van der Waals surface area contributed by atoms with Crippen LogP contribution < -0.4 is 10.6 Å². The Morgan fingerprint density at radius 2 is 2.05 bits per heavy atom. The highest BCUT2D eigenvalue weighted by molar-refractivity contribution is 7.80. The average Bonchev–Trinajstić information content (AvgIpc) is 2.37. The molecule has 20 heavy (non-hydrogen) atoms. The molecule has 1 aromatic heterocycles. The number of pyridine rings is 1. The van der Waals surface area contributed by atoms with Gasteiger partial charge in [-0.05, 0) is 25.5 Å².